The Balaban J connectivity index is 2.20. The van der Waals surface area contributed by atoms with E-state index in [4.69, 9.17) is 8.60 Å². The van der Waals surface area contributed by atoms with Crippen LogP contribution in [0.25, 0.3) is 11.0 Å². The summed E-state index contributed by atoms with van der Waals surface area (Å²) < 4.78 is 32.2. The van der Waals surface area contributed by atoms with Crippen molar-refractivity contribution in [2.45, 2.75) is 19.3 Å². The Morgan fingerprint density at radius 3 is 2.68 bits per heavy atom. The third-order valence-corrected chi connectivity index (χ3v) is 3.69. The van der Waals surface area contributed by atoms with Gasteiger partial charge in [-0.15, -0.1) is 0 Å². The van der Waals surface area contributed by atoms with Crippen LogP contribution in [0.5, 0.6) is 5.75 Å². The number of hydrogen-bond acceptors (Lipinski definition) is 5. The lowest BCUT2D eigenvalue weighted by atomic mass is 10.1. The topological polar surface area (TPSA) is 73.6 Å². The molecule has 0 unspecified atom stereocenters. The van der Waals surface area contributed by atoms with E-state index in [0.717, 1.165) is 42.0 Å². The molecule has 6 heteroatoms. The fourth-order valence-electron chi connectivity index (χ4n) is 2.49. The van der Waals surface area contributed by atoms with Crippen molar-refractivity contribution in [2.75, 3.05) is 6.26 Å². The van der Waals surface area contributed by atoms with Gasteiger partial charge in [-0.1, -0.05) is 0 Å². The van der Waals surface area contributed by atoms with Crippen LogP contribution in [0.15, 0.2) is 27.4 Å². The first-order chi connectivity index (χ1) is 8.94. The standard InChI is InChI=1S/C13H12O5S/c1-19(15,16)18-8-5-6-10-9-3-2-4-11(9)13(14)17-12(10)7-8/h5-7H,2-4H2,1H3. The second-order valence-corrected chi connectivity index (χ2v) is 6.22. The van der Waals surface area contributed by atoms with Crippen LogP contribution >= 0.6 is 0 Å². The highest BCUT2D eigenvalue weighted by Crippen LogP contribution is 2.29. The largest absolute Gasteiger partial charge is 0.422 e. The summed E-state index contributed by atoms with van der Waals surface area (Å²) in [6.07, 6.45) is 3.51. The average molecular weight is 280 g/mol. The minimum Gasteiger partial charge on any atom is -0.422 e. The van der Waals surface area contributed by atoms with Gasteiger partial charge in [-0.05, 0) is 37.0 Å². The molecule has 19 heavy (non-hydrogen) atoms. The SMILES string of the molecule is CS(=O)(=O)Oc1ccc2c3c(c(=O)oc2c1)CCC3. The number of fused-ring (bicyclic) bond motifs is 3. The van der Waals surface area contributed by atoms with Crippen molar-refractivity contribution in [2.24, 2.45) is 0 Å². The zero-order valence-corrected chi connectivity index (χ0v) is 11.1. The van der Waals surface area contributed by atoms with Gasteiger partial charge >= 0.3 is 15.7 Å². The highest BCUT2D eigenvalue weighted by atomic mass is 32.2. The lowest BCUT2D eigenvalue weighted by Gasteiger charge is -2.06. The van der Waals surface area contributed by atoms with Crippen LogP contribution in [-0.4, -0.2) is 14.7 Å². The molecule has 0 atom stereocenters. The van der Waals surface area contributed by atoms with E-state index in [-0.39, 0.29) is 11.4 Å². The Morgan fingerprint density at radius 2 is 1.95 bits per heavy atom. The van der Waals surface area contributed by atoms with E-state index in [1.807, 2.05) is 0 Å². The molecule has 1 aliphatic rings. The van der Waals surface area contributed by atoms with E-state index < -0.39 is 10.1 Å². The summed E-state index contributed by atoms with van der Waals surface area (Å²) in [6.45, 7) is 0. The summed E-state index contributed by atoms with van der Waals surface area (Å²) >= 11 is 0. The number of benzene rings is 1. The maximum Gasteiger partial charge on any atom is 0.339 e. The normalized spacial score (nSPS) is 14.6. The van der Waals surface area contributed by atoms with Gasteiger partial charge in [-0.2, -0.15) is 8.42 Å². The molecule has 0 aliphatic heterocycles. The Bertz CT molecular complexity index is 817. The van der Waals surface area contributed by atoms with Crippen molar-refractivity contribution < 1.29 is 17.0 Å². The van der Waals surface area contributed by atoms with Gasteiger partial charge in [0.1, 0.15) is 11.3 Å². The predicted octanol–water partition coefficient (Wildman–Crippen LogP) is 1.62. The Hall–Kier alpha value is -1.82. The van der Waals surface area contributed by atoms with E-state index >= 15 is 0 Å². The molecule has 0 fully saturated rings. The van der Waals surface area contributed by atoms with Crippen molar-refractivity contribution in [3.8, 4) is 5.75 Å². The van der Waals surface area contributed by atoms with Crippen molar-refractivity contribution in [3.05, 3.63) is 39.7 Å². The third-order valence-electron chi connectivity index (χ3n) is 3.19. The van der Waals surface area contributed by atoms with Gasteiger partial charge in [0.15, 0.2) is 0 Å². The molecule has 0 amide bonds. The second-order valence-electron chi connectivity index (χ2n) is 4.65. The summed E-state index contributed by atoms with van der Waals surface area (Å²) in [5, 5.41) is 0.855. The number of hydrogen-bond donors (Lipinski definition) is 0. The summed E-state index contributed by atoms with van der Waals surface area (Å²) in [4.78, 5) is 11.8. The molecule has 1 aromatic heterocycles. The van der Waals surface area contributed by atoms with Crippen molar-refractivity contribution >= 4 is 21.1 Å². The molecule has 3 rings (SSSR count). The van der Waals surface area contributed by atoms with Crippen LogP contribution in [0.4, 0.5) is 0 Å². The van der Waals surface area contributed by atoms with E-state index in [0.29, 0.717) is 5.58 Å². The van der Waals surface area contributed by atoms with Crippen molar-refractivity contribution in [3.63, 3.8) is 0 Å². The molecule has 1 heterocycles. The van der Waals surface area contributed by atoms with E-state index in [1.165, 1.54) is 6.07 Å². The highest BCUT2D eigenvalue weighted by Gasteiger charge is 2.19. The summed E-state index contributed by atoms with van der Waals surface area (Å²) in [5.41, 5.74) is 1.78. The molecule has 0 bridgehead atoms. The van der Waals surface area contributed by atoms with Crippen LogP contribution in [-0.2, 0) is 23.0 Å². The minimum atomic E-state index is -3.59. The molecular weight excluding hydrogens is 268 g/mol. The van der Waals surface area contributed by atoms with Crippen molar-refractivity contribution in [1.29, 1.82) is 0 Å². The first-order valence-electron chi connectivity index (χ1n) is 5.92. The lowest BCUT2D eigenvalue weighted by Crippen LogP contribution is -2.08. The molecular formula is C13H12O5S. The van der Waals surface area contributed by atoms with Crippen LogP contribution in [0.2, 0.25) is 0 Å². The lowest BCUT2D eigenvalue weighted by molar-refractivity contribution is 0.491. The summed E-state index contributed by atoms with van der Waals surface area (Å²) in [6, 6.07) is 4.75. The maximum atomic E-state index is 11.8. The van der Waals surface area contributed by atoms with Gasteiger partial charge in [0, 0.05) is 17.0 Å². The molecule has 0 saturated carbocycles. The summed E-state index contributed by atoms with van der Waals surface area (Å²) in [5.74, 6) is 0.149. The van der Waals surface area contributed by atoms with E-state index in [9.17, 15) is 13.2 Å². The molecule has 0 N–H and O–H groups in total. The Morgan fingerprint density at radius 1 is 1.21 bits per heavy atom. The fraction of sp³-hybridized carbons (Fsp3) is 0.308. The van der Waals surface area contributed by atoms with Crippen molar-refractivity contribution in [1.82, 2.24) is 0 Å². The van der Waals surface area contributed by atoms with Gasteiger partial charge in [0.05, 0.1) is 6.26 Å². The highest BCUT2D eigenvalue weighted by molar-refractivity contribution is 7.86. The summed E-state index contributed by atoms with van der Waals surface area (Å²) in [7, 11) is -3.59. The molecule has 2 aromatic rings. The van der Waals surface area contributed by atoms with Gasteiger partial charge in [-0.3, -0.25) is 0 Å². The first kappa shape index (κ1) is 12.2. The first-order valence-corrected chi connectivity index (χ1v) is 7.74. The molecule has 0 spiro atoms. The third kappa shape index (κ3) is 2.23. The predicted molar refractivity (Wildman–Crippen MR) is 70.0 cm³/mol. The number of aryl methyl sites for hydroxylation is 1. The van der Waals surface area contributed by atoms with Crippen LogP contribution < -0.4 is 9.81 Å². The van der Waals surface area contributed by atoms with E-state index in [1.54, 1.807) is 12.1 Å². The molecule has 1 aromatic carbocycles. The van der Waals surface area contributed by atoms with Gasteiger partial charge in [-0.25, -0.2) is 4.79 Å². The maximum absolute atomic E-state index is 11.8. The molecule has 5 nitrogen and oxygen atoms in total. The van der Waals surface area contributed by atoms with Crippen LogP contribution in [0, 0.1) is 0 Å². The monoisotopic (exact) mass is 280 g/mol. The molecule has 0 saturated heterocycles. The molecule has 1 aliphatic carbocycles. The number of rotatable bonds is 2. The average Bonchev–Trinajstić information content (AvgIpc) is 2.76. The second kappa shape index (κ2) is 4.09. The van der Waals surface area contributed by atoms with Crippen LogP contribution in [0.3, 0.4) is 0 Å². The Labute approximate surface area is 109 Å². The zero-order chi connectivity index (χ0) is 13.6. The van der Waals surface area contributed by atoms with Gasteiger partial charge < -0.3 is 8.60 Å². The quantitative estimate of drug-likeness (QED) is 0.617. The fourth-order valence-corrected chi connectivity index (χ4v) is 2.94. The zero-order valence-electron chi connectivity index (χ0n) is 10.3. The molecule has 100 valence electrons. The van der Waals surface area contributed by atoms with Crippen LogP contribution in [0.1, 0.15) is 17.5 Å². The van der Waals surface area contributed by atoms with Gasteiger partial charge in [0.2, 0.25) is 0 Å². The molecule has 0 radical (unpaired) electrons. The van der Waals surface area contributed by atoms with E-state index in [2.05, 4.69) is 0 Å². The smallest absolute Gasteiger partial charge is 0.339 e. The minimum absolute atomic E-state index is 0.149. The van der Waals surface area contributed by atoms with Gasteiger partial charge in [0.25, 0.3) is 0 Å². The Kier molecular flexibility index (Phi) is 2.63.